The zero-order valence-electron chi connectivity index (χ0n) is 34.2. The summed E-state index contributed by atoms with van der Waals surface area (Å²) >= 11 is 0. The van der Waals surface area contributed by atoms with Crippen LogP contribution in [0.15, 0.2) is 128 Å². The summed E-state index contributed by atoms with van der Waals surface area (Å²) in [6.45, 7) is 23.2. The Bertz CT molecular complexity index is 2280. The van der Waals surface area contributed by atoms with Gasteiger partial charge in [0.15, 0.2) is 0 Å². The van der Waals surface area contributed by atoms with Crippen LogP contribution in [0.25, 0.3) is 50.5 Å². The molecule has 3 nitrogen and oxygen atoms in total. The molecule has 1 radical (unpaired) electrons. The second-order valence-corrected chi connectivity index (χ2v) is 22.2. The van der Waals surface area contributed by atoms with E-state index in [1.54, 1.807) is 0 Å². The van der Waals surface area contributed by atoms with Crippen LogP contribution in [0, 0.1) is 17.5 Å². The summed E-state index contributed by atoms with van der Waals surface area (Å²) in [5, 5.41) is 1.48. The number of fused-ring (bicyclic) bond motifs is 1. The maximum atomic E-state index is 5.07. The fourth-order valence-corrected chi connectivity index (χ4v) is 8.75. The molecule has 0 aliphatic rings. The Morgan fingerprint density at radius 2 is 1.24 bits per heavy atom. The van der Waals surface area contributed by atoms with Crippen molar-refractivity contribution in [3.8, 4) is 39.5 Å². The van der Waals surface area contributed by atoms with Gasteiger partial charge in [0.2, 0.25) is 0 Å². The maximum Gasteiger partial charge on any atom is 0.0798 e. The average molecular weight is 918 g/mol. The second kappa shape index (κ2) is 17.6. The monoisotopic (exact) mass is 918 g/mol. The first kappa shape index (κ1) is 41.7. The minimum absolute atomic E-state index is 0. The van der Waals surface area contributed by atoms with Gasteiger partial charge in [-0.2, -0.15) is 0 Å². The Morgan fingerprint density at radius 3 is 1.78 bits per heavy atom. The SMILES string of the molecule is CC(C)(C)Cc1cc(-c2[c-]cccc2)ncc1[Si](C)(C)C.CC(C)c1cc(-c2ccccc2)cc(C(C)C)c1-n1c(-c2[c-]cccc2)nc2ccccc21.[Ir]. The second-order valence-electron chi connectivity index (χ2n) is 17.2. The summed E-state index contributed by atoms with van der Waals surface area (Å²) in [5.74, 6) is 1.65. The van der Waals surface area contributed by atoms with Crippen molar-refractivity contribution in [3.05, 3.63) is 156 Å². The average Bonchev–Trinajstić information content (AvgIpc) is 3.54. The Kier molecular flexibility index (Phi) is 13.3. The number of hydrogen-bond donors (Lipinski definition) is 0. The van der Waals surface area contributed by atoms with Gasteiger partial charge in [0, 0.05) is 32.0 Å². The third kappa shape index (κ3) is 9.88. The van der Waals surface area contributed by atoms with Gasteiger partial charge in [0.25, 0.3) is 0 Å². The molecule has 0 unspecified atom stereocenters. The first-order valence-electron chi connectivity index (χ1n) is 19.4. The van der Waals surface area contributed by atoms with Crippen molar-refractivity contribution in [2.24, 2.45) is 5.41 Å². The molecule has 0 aliphatic carbocycles. The van der Waals surface area contributed by atoms with Gasteiger partial charge in [0.1, 0.15) is 0 Å². The molecule has 0 saturated heterocycles. The number of benzene rings is 5. The molecular formula is C50H55IrN3Si-2. The molecule has 7 rings (SSSR count). The Morgan fingerprint density at radius 1 is 0.673 bits per heavy atom. The minimum atomic E-state index is -1.37. The summed E-state index contributed by atoms with van der Waals surface area (Å²) in [7, 11) is -1.37. The van der Waals surface area contributed by atoms with Crippen molar-refractivity contribution in [2.75, 3.05) is 0 Å². The maximum absolute atomic E-state index is 5.07. The van der Waals surface area contributed by atoms with E-state index in [9.17, 15) is 0 Å². The molecule has 7 aromatic rings. The molecule has 2 aromatic heterocycles. The van der Waals surface area contributed by atoms with E-state index in [0.29, 0.717) is 11.8 Å². The summed E-state index contributed by atoms with van der Waals surface area (Å²) in [4.78, 5) is 9.78. The molecule has 0 saturated carbocycles. The molecular weight excluding hydrogens is 863 g/mol. The predicted octanol–water partition coefficient (Wildman–Crippen LogP) is 13.1. The Labute approximate surface area is 344 Å². The summed E-state index contributed by atoms with van der Waals surface area (Å²) in [6, 6.07) is 49.0. The van der Waals surface area contributed by atoms with Crippen LogP contribution in [-0.2, 0) is 26.5 Å². The molecule has 0 N–H and O–H groups in total. The third-order valence-corrected chi connectivity index (χ3v) is 11.8. The van der Waals surface area contributed by atoms with E-state index in [0.717, 1.165) is 40.1 Å². The van der Waals surface area contributed by atoms with E-state index in [-0.39, 0.29) is 25.5 Å². The number of pyridine rings is 1. The molecule has 0 spiro atoms. The Hall–Kier alpha value is -4.41. The first-order chi connectivity index (χ1) is 25.7. The van der Waals surface area contributed by atoms with Crippen LogP contribution in [0.5, 0.6) is 0 Å². The number of imidazole rings is 1. The number of aromatic nitrogens is 3. The fraction of sp³-hybridized carbons (Fsp3) is 0.280. The van der Waals surface area contributed by atoms with Gasteiger partial charge in [-0.15, -0.1) is 71.8 Å². The van der Waals surface area contributed by atoms with Crippen LogP contribution in [-0.4, -0.2) is 22.6 Å². The van der Waals surface area contributed by atoms with E-state index in [4.69, 9.17) is 9.97 Å². The van der Waals surface area contributed by atoms with Crippen LogP contribution in [0.1, 0.15) is 77.0 Å². The fourth-order valence-electron chi connectivity index (χ4n) is 7.17. The van der Waals surface area contributed by atoms with Crippen LogP contribution < -0.4 is 5.19 Å². The zero-order valence-corrected chi connectivity index (χ0v) is 37.6. The van der Waals surface area contributed by atoms with E-state index in [1.807, 2.05) is 30.3 Å². The number of rotatable bonds is 8. The third-order valence-electron chi connectivity index (χ3n) is 9.76. The van der Waals surface area contributed by atoms with Gasteiger partial charge in [-0.25, -0.2) is 0 Å². The van der Waals surface area contributed by atoms with E-state index < -0.39 is 8.07 Å². The molecule has 0 amide bonds. The largest absolute Gasteiger partial charge is 0.333 e. The zero-order chi connectivity index (χ0) is 38.6. The van der Waals surface area contributed by atoms with Crippen molar-refractivity contribution in [3.63, 3.8) is 0 Å². The van der Waals surface area contributed by atoms with Gasteiger partial charge < -0.3 is 9.55 Å². The van der Waals surface area contributed by atoms with Gasteiger partial charge in [-0.1, -0.05) is 122 Å². The quantitative estimate of drug-likeness (QED) is 0.112. The molecule has 0 fully saturated rings. The first-order valence-corrected chi connectivity index (χ1v) is 22.9. The van der Waals surface area contributed by atoms with Crippen molar-refractivity contribution >= 4 is 24.3 Å². The molecule has 0 aliphatic heterocycles. The van der Waals surface area contributed by atoms with E-state index >= 15 is 0 Å². The minimum Gasteiger partial charge on any atom is -0.333 e. The summed E-state index contributed by atoms with van der Waals surface area (Å²) in [6.07, 6.45) is 3.21. The van der Waals surface area contributed by atoms with Gasteiger partial charge >= 0.3 is 0 Å². The normalized spacial score (nSPS) is 11.7. The van der Waals surface area contributed by atoms with Crippen molar-refractivity contribution < 1.29 is 20.1 Å². The molecule has 0 bridgehead atoms. The van der Waals surface area contributed by atoms with E-state index in [1.165, 1.54) is 38.7 Å². The van der Waals surface area contributed by atoms with Crippen LogP contribution in [0.2, 0.25) is 19.6 Å². The van der Waals surface area contributed by atoms with Gasteiger partial charge in [0.05, 0.1) is 24.9 Å². The molecule has 285 valence electrons. The standard InChI is InChI=1S/C31H29N2.C19H26NSi.Ir/c1-21(2)26-19-25(23-13-7-5-8-14-23)20-27(22(3)4)30(26)33-29-18-12-11-17-28(29)32-31(33)24-15-9-6-10-16-24;1-19(2,3)13-16-12-17(15-10-8-7-9-11-15)20-14-18(16)21(4,5)6;/h5-15,17-22H,1-4H3;7-10,12,14H,13H2,1-6H3;/q2*-1;. The van der Waals surface area contributed by atoms with Gasteiger partial charge in [-0.05, 0) is 81.1 Å². The molecule has 0 atom stereocenters. The van der Waals surface area contributed by atoms with Crippen molar-refractivity contribution in [1.29, 1.82) is 0 Å². The Balaban J connectivity index is 0.000000229. The smallest absolute Gasteiger partial charge is 0.0798 e. The van der Waals surface area contributed by atoms with Crippen molar-refractivity contribution in [1.82, 2.24) is 14.5 Å². The summed E-state index contributed by atoms with van der Waals surface area (Å²) < 4.78 is 2.36. The van der Waals surface area contributed by atoms with Crippen molar-refractivity contribution in [2.45, 2.75) is 86.4 Å². The van der Waals surface area contributed by atoms with Crippen LogP contribution in [0.4, 0.5) is 0 Å². The summed E-state index contributed by atoms with van der Waals surface area (Å²) in [5.41, 5.74) is 13.4. The molecule has 5 heteroatoms. The van der Waals surface area contributed by atoms with Gasteiger partial charge in [-0.3, -0.25) is 4.98 Å². The molecule has 5 aromatic carbocycles. The van der Waals surface area contributed by atoms with Crippen LogP contribution in [0.3, 0.4) is 0 Å². The topological polar surface area (TPSA) is 30.7 Å². The van der Waals surface area contributed by atoms with Crippen LogP contribution >= 0.6 is 0 Å². The predicted molar refractivity (Wildman–Crippen MR) is 234 cm³/mol. The number of para-hydroxylation sites is 2. The number of hydrogen-bond acceptors (Lipinski definition) is 2. The number of nitrogens with zero attached hydrogens (tertiary/aromatic N) is 3. The molecule has 55 heavy (non-hydrogen) atoms. The molecule has 2 heterocycles. The van der Waals surface area contributed by atoms with E-state index in [2.05, 4.69) is 182 Å².